The first-order chi connectivity index (χ1) is 20.5. The van der Waals surface area contributed by atoms with Crippen LogP contribution < -0.4 is 0 Å². The molecule has 0 spiro atoms. The van der Waals surface area contributed by atoms with E-state index in [1.165, 1.54) is 135 Å². The van der Waals surface area contributed by atoms with Gasteiger partial charge in [0.25, 0.3) is 0 Å². The van der Waals surface area contributed by atoms with Crippen molar-refractivity contribution < 1.29 is 19.1 Å². The number of esters is 2. The molecule has 4 nitrogen and oxygen atoms in total. The molecule has 0 saturated carbocycles. The maximum Gasteiger partial charge on any atom is 0.309 e. The Labute approximate surface area is 263 Å². The topological polar surface area (TPSA) is 52.6 Å². The zero-order valence-electron chi connectivity index (χ0n) is 29.0. The van der Waals surface area contributed by atoms with Gasteiger partial charge in [-0.3, -0.25) is 9.59 Å². The Morgan fingerprint density at radius 1 is 0.452 bits per heavy atom. The zero-order chi connectivity index (χ0) is 30.9. The van der Waals surface area contributed by atoms with E-state index in [1.54, 1.807) is 0 Å². The quantitative estimate of drug-likeness (QED) is 0.0560. The fourth-order valence-electron chi connectivity index (χ4n) is 5.78. The first-order valence-corrected chi connectivity index (χ1v) is 18.8. The van der Waals surface area contributed by atoms with E-state index in [9.17, 15) is 9.59 Å². The Morgan fingerprint density at radius 2 is 0.810 bits per heavy atom. The van der Waals surface area contributed by atoms with Gasteiger partial charge in [0.1, 0.15) is 0 Å². The van der Waals surface area contributed by atoms with E-state index in [2.05, 4.69) is 27.7 Å². The van der Waals surface area contributed by atoms with Crippen LogP contribution in [0.25, 0.3) is 0 Å². The molecule has 0 saturated heterocycles. The van der Waals surface area contributed by atoms with Crippen LogP contribution in [0.4, 0.5) is 0 Å². The van der Waals surface area contributed by atoms with Gasteiger partial charge in [-0.25, -0.2) is 0 Å². The maximum absolute atomic E-state index is 12.6. The van der Waals surface area contributed by atoms with Crippen molar-refractivity contribution in [1.29, 1.82) is 0 Å². The minimum absolute atomic E-state index is 0.00194. The largest absolute Gasteiger partial charge is 0.466 e. The van der Waals surface area contributed by atoms with Gasteiger partial charge in [0.05, 0.1) is 19.1 Å². The molecule has 0 heterocycles. The van der Waals surface area contributed by atoms with Crippen LogP contribution in [0.1, 0.15) is 207 Å². The second kappa shape index (κ2) is 32.8. The predicted octanol–water partition coefficient (Wildman–Crippen LogP) is 12.3. The highest BCUT2D eigenvalue weighted by atomic mass is 16.5. The fraction of sp³-hybridized carbons (Fsp3) is 0.947. The van der Waals surface area contributed by atoms with E-state index in [0.717, 1.165) is 38.5 Å². The second-order valence-electron chi connectivity index (χ2n) is 13.3. The molecule has 0 aromatic heterocycles. The summed E-state index contributed by atoms with van der Waals surface area (Å²) in [4.78, 5) is 24.4. The van der Waals surface area contributed by atoms with Gasteiger partial charge in [0, 0.05) is 6.42 Å². The normalized spacial score (nSPS) is 12.1. The van der Waals surface area contributed by atoms with Crippen LogP contribution in [0.3, 0.4) is 0 Å². The highest BCUT2D eigenvalue weighted by molar-refractivity contribution is 5.72. The zero-order valence-corrected chi connectivity index (χ0v) is 29.0. The van der Waals surface area contributed by atoms with Gasteiger partial charge >= 0.3 is 11.9 Å². The van der Waals surface area contributed by atoms with E-state index in [4.69, 9.17) is 9.47 Å². The Hall–Kier alpha value is -1.06. The molecule has 1 atom stereocenters. The van der Waals surface area contributed by atoms with Crippen LogP contribution >= 0.6 is 0 Å². The van der Waals surface area contributed by atoms with E-state index >= 15 is 0 Å². The fourth-order valence-corrected chi connectivity index (χ4v) is 5.78. The number of ether oxygens (including phenoxy) is 2. The van der Waals surface area contributed by atoms with Crippen molar-refractivity contribution in [3.8, 4) is 0 Å². The summed E-state index contributed by atoms with van der Waals surface area (Å²) >= 11 is 0. The van der Waals surface area contributed by atoms with Crippen LogP contribution in [0.2, 0.25) is 0 Å². The molecule has 0 aliphatic heterocycles. The monoisotopic (exact) mass is 595 g/mol. The Morgan fingerprint density at radius 3 is 1.24 bits per heavy atom. The highest BCUT2D eigenvalue weighted by Gasteiger charge is 2.23. The summed E-state index contributed by atoms with van der Waals surface area (Å²) in [6, 6.07) is 0. The van der Waals surface area contributed by atoms with Crippen molar-refractivity contribution in [3.05, 3.63) is 0 Å². The van der Waals surface area contributed by atoms with Gasteiger partial charge in [0.15, 0.2) is 0 Å². The standard InChI is InChI=1S/C38H74O4/c1-5-7-9-11-25-29-33-41-37(39)32-28-24-22-20-18-16-14-13-15-17-19-21-23-27-31-36(35(3)4)38(40)42-34-30-26-12-10-8-6-2/h35-36H,5-34H2,1-4H3. The van der Waals surface area contributed by atoms with E-state index < -0.39 is 0 Å². The lowest BCUT2D eigenvalue weighted by molar-refractivity contribution is -0.150. The summed E-state index contributed by atoms with van der Waals surface area (Å²) in [5.74, 6) is 0.478. The van der Waals surface area contributed by atoms with Crippen LogP contribution in [-0.4, -0.2) is 25.2 Å². The summed E-state index contributed by atoms with van der Waals surface area (Å²) in [5.41, 5.74) is 0. The molecule has 0 aliphatic rings. The molecule has 250 valence electrons. The third-order valence-electron chi connectivity index (χ3n) is 8.76. The van der Waals surface area contributed by atoms with Crippen molar-refractivity contribution in [2.24, 2.45) is 11.8 Å². The molecule has 42 heavy (non-hydrogen) atoms. The van der Waals surface area contributed by atoms with Crippen molar-refractivity contribution >= 4 is 11.9 Å². The van der Waals surface area contributed by atoms with Gasteiger partial charge in [-0.15, -0.1) is 0 Å². The first-order valence-electron chi connectivity index (χ1n) is 18.8. The molecule has 0 amide bonds. The van der Waals surface area contributed by atoms with Gasteiger partial charge in [-0.05, 0) is 31.6 Å². The van der Waals surface area contributed by atoms with Gasteiger partial charge in [0.2, 0.25) is 0 Å². The summed E-state index contributed by atoms with van der Waals surface area (Å²) in [7, 11) is 0. The molecule has 0 rings (SSSR count). The molecule has 0 aromatic carbocycles. The lowest BCUT2D eigenvalue weighted by atomic mass is 9.90. The number of unbranched alkanes of at least 4 members (excludes halogenated alkanes) is 23. The average Bonchev–Trinajstić information content (AvgIpc) is 2.97. The molecule has 0 radical (unpaired) electrons. The van der Waals surface area contributed by atoms with E-state index in [0.29, 0.717) is 25.6 Å². The van der Waals surface area contributed by atoms with Crippen LogP contribution in [0.15, 0.2) is 0 Å². The summed E-state index contributed by atoms with van der Waals surface area (Å²) < 4.78 is 11.0. The minimum atomic E-state index is 0.00194. The molecule has 1 unspecified atom stereocenters. The first kappa shape index (κ1) is 40.9. The third kappa shape index (κ3) is 29.0. The van der Waals surface area contributed by atoms with Crippen LogP contribution in [0.5, 0.6) is 0 Å². The number of carbonyl (C=O) groups is 2. The molecule has 4 heteroatoms. The van der Waals surface area contributed by atoms with Crippen molar-refractivity contribution in [2.75, 3.05) is 13.2 Å². The second-order valence-corrected chi connectivity index (χ2v) is 13.3. The van der Waals surface area contributed by atoms with Crippen molar-refractivity contribution in [3.63, 3.8) is 0 Å². The molecule has 0 bridgehead atoms. The predicted molar refractivity (Wildman–Crippen MR) is 181 cm³/mol. The Balaban J connectivity index is 3.45. The van der Waals surface area contributed by atoms with E-state index in [-0.39, 0.29) is 17.9 Å². The number of hydrogen-bond donors (Lipinski definition) is 0. The Bertz CT molecular complexity index is 573. The van der Waals surface area contributed by atoms with Gasteiger partial charge in [-0.1, -0.05) is 175 Å². The number of hydrogen-bond acceptors (Lipinski definition) is 4. The highest BCUT2D eigenvalue weighted by Crippen LogP contribution is 2.22. The van der Waals surface area contributed by atoms with Crippen LogP contribution in [-0.2, 0) is 19.1 Å². The minimum Gasteiger partial charge on any atom is -0.466 e. The Kier molecular flexibility index (Phi) is 32.0. The van der Waals surface area contributed by atoms with Crippen LogP contribution in [0, 0.1) is 11.8 Å². The van der Waals surface area contributed by atoms with Crippen molar-refractivity contribution in [2.45, 2.75) is 207 Å². The molecule has 0 aliphatic carbocycles. The molecule has 0 aromatic rings. The molecular weight excluding hydrogens is 520 g/mol. The summed E-state index contributed by atoms with van der Waals surface area (Å²) in [6.07, 6.45) is 34.2. The third-order valence-corrected chi connectivity index (χ3v) is 8.76. The lowest BCUT2D eigenvalue weighted by Gasteiger charge is -2.19. The average molecular weight is 595 g/mol. The van der Waals surface area contributed by atoms with Crippen molar-refractivity contribution in [1.82, 2.24) is 0 Å². The summed E-state index contributed by atoms with van der Waals surface area (Å²) in [5, 5.41) is 0. The van der Waals surface area contributed by atoms with E-state index in [1.807, 2.05) is 0 Å². The molecule has 0 fully saturated rings. The molecule has 0 N–H and O–H groups in total. The molecular formula is C38H74O4. The SMILES string of the molecule is CCCCCCCCOC(=O)CCCCCCCCCCCCCCCCC(C(=O)OCCCCCCCC)C(C)C. The summed E-state index contributed by atoms with van der Waals surface area (Å²) in [6.45, 7) is 10.0. The van der Waals surface area contributed by atoms with Gasteiger partial charge in [-0.2, -0.15) is 0 Å². The maximum atomic E-state index is 12.6. The number of rotatable bonds is 33. The smallest absolute Gasteiger partial charge is 0.309 e. The number of carbonyl (C=O) groups excluding carboxylic acids is 2. The lowest BCUT2D eigenvalue weighted by Crippen LogP contribution is -2.23. The van der Waals surface area contributed by atoms with Gasteiger partial charge < -0.3 is 9.47 Å².